The SMILES string of the molecule is CC.CCCCCCCCC(=O)OC(S)CCCCCCCNCCOCCO. The molecule has 0 aliphatic heterocycles. The molecule has 6 heteroatoms. The Hall–Kier alpha value is -0.300. The fourth-order valence-electron chi connectivity index (χ4n) is 2.85. The van der Waals surface area contributed by atoms with Gasteiger partial charge in [-0.3, -0.25) is 4.79 Å². The number of hydrogen-bond acceptors (Lipinski definition) is 6. The second kappa shape index (κ2) is 27.7. The monoisotopic (exact) mass is 435 g/mol. The number of aliphatic hydroxyl groups is 1. The standard InChI is InChI=1S/C21H43NO4S.C2H6/c1-2-3-4-5-7-10-13-20(24)26-21(27)14-11-8-6-9-12-15-22-16-18-25-19-17-23;1-2/h21-23,27H,2-19H2,1H3;1-2H3. The van der Waals surface area contributed by atoms with Gasteiger partial charge in [0.05, 0.1) is 19.8 Å². The van der Waals surface area contributed by atoms with E-state index >= 15 is 0 Å². The minimum Gasteiger partial charge on any atom is -0.452 e. The highest BCUT2D eigenvalue weighted by atomic mass is 32.1. The van der Waals surface area contributed by atoms with Crippen LogP contribution in [0.15, 0.2) is 0 Å². The van der Waals surface area contributed by atoms with Gasteiger partial charge < -0.3 is 19.9 Å². The number of rotatable bonds is 21. The second-order valence-electron chi connectivity index (χ2n) is 7.10. The topological polar surface area (TPSA) is 67.8 Å². The number of nitrogens with one attached hydrogen (secondary N) is 1. The van der Waals surface area contributed by atoms with Gasteiger partial charge in [0.25, 0.3) is 0 Å². The zero-order valence-electron chi connectivity index (χ0n) is 19.4. The Balaban J connectivity index is 0. The average molecular weight is 436 g/mol. The summed E-state index contributed by atoms with van der Waals surface area (Å²) < 4.78 is 10.5. The summed E-state index contributed by atoms with van der Waals surface area (Å²) in [5.41, 5.74) is -0.252. The molecule has 0 radical (unpaired) electrons. The molecule has 0 saturated heterocycles. The summed E-state index contributed by atoms with van der Waals surface area (Å²) in [4.78, 5) is 11.8. The molecule has 0 aliphatic rings. The number of hydrogen-bond donors (Lipinski definition) is 3. The van der Waals surface area contributed by atoms with Crippen LogP contribution in [0, 0.1) is 0 Å². The highest BCUT2D eigenvalue weighted by molar-refractivity contribution is 7.80. The van der Waals surface area contributed by atoms with Gasteiger partial charge in [0, 0.05) is 13.0 Å². The second-order valence-corrected chi connectivity index (χ2v) is 7.68. The van der Waals surface area contributed by atoms with Crippen LogP contribution >= 0.6 is 12.6 Å². The predicted molar refractivity (Wildman–Crippen MR) is 127 cm³/mol. The molecule has 0 fully saturated rings. The van der Waals surface area contributed by atoms with Crippen molar-refractivity contribution in [2.45, 2.75) is 110 Å². The van der Waals surface area contributed by atoms with E-state index in [4.69, 9.17) is 14.6 Å². The molecule has 0 aliphatic carbocycles. The minimum absolute atomic E-state index is 0.0888. The number of aliphatic hydroxyl groups excluding tert-OH is 1. The Labute approximate surface area is 186 Å². The lowest BCUT2D eigenvalue weighted by Crippen LogP contribution is -2.21. The van der Waals surface area contributed by atoms with Gasteiger partial charge in [-0.2, -0.15) is 0 Å². The van der Waals surface area contributed by atoms with E-state index in [0.717, 1.165) is 51.6 Å². The first-order valence-corrected chi connectivity index (χ1v) is 12.5. The van der Waals surface area contributed by atoms with Gasteiger partial charge in [-0.25, -0.2) is 0 Å². The first kappa shape index (κ1) is 30.9. The molecule has 1 atom stereocenters. The summed E-state index contributed by atoms with van der Waals surface area (Å²) in [7, 11) is 0. The Kier molecular flexibility index (Phi) is 29.5. The fourth-order valence-corrected chi connectivity index (χ4v) is 3.15. The predicted octanol–water partition coefficient (Wildman–Crippen LogP) is 5.50. The summed E-state index contributed by atoms with van der Waals surface area (Å²) in [6, 6.07) is 0. The van der Waals surface area contributed by atoms with Crippen LogP contribution < -0.4 is 5.32 Å². The molecule has 2 N–H and O–H groups in total. The first-order chi connectivity index (χ1) is 14.2. The lowest BCUT2D eigenvalue weighted by Gasteiger charge is -2.12. The molecule has 0 aromatic heterocycles. The third kappa shape index (κ3) is 27.7. The van der Waals surface area contributed by atoms with Crippen molar-refractivity contribution in [2.75, 3.05) is 32.9 Å². The Morgan fingerprint density at radius 1 is 0.897 bits per heavy atom. The van der Waals surface area contributed by atoms with E-state index in [0.29, 0.717) is 19.6 Å². The van der Waals surface area contributed by atoms with Crippen LogP contribution in [0.25, 0.3) is 0 Å². The van der Waals surface area contributed by atoms with E-state index in [1.54, 1.807) is 0 Å². The molecule has 0 heterocycles. The summed E-state index contributed by atoms with van der Waals surface area (Å²) in [5, 5.41) is 11.9. The van der Waals surface area contributed by atoms with Crippen LogP contribution in [0.5, 0.6) is 0 Å². The highest BCUT2D eigenvalue weighted by Crippen LogP contribution is 2.14. The summed E-state index contributed by atoms with van der Waals surface area (Å²) >= 11 is 4.39. The van der Waals surface area contributed by atoms with Crippen molar-refractivity contribution in [3.8, 4) is 0 Å². The van der Waals surface area contributed by atoms with Gasteiger partial charge in [0.15, 0.2) is 0 Å². The summed E-state index contributed by atoms with van der Waals surface area (Å²) in [6.07, 6.45) is 14.3. The molecule has 0 bridgehead atoms. The third-order valence-corrected chi connectivity index (χ3v) is 4.83. The normalized spacial score (nSPS) is 11.6. The van der Waals surface area contributed by atoms with E-state index in [-0.39, 0.29) is 18.0 Å². The van der Waals surface area contributed by atoms with Crippen LogP contribution in [-0.2, 0) is 14.3 Å². The lowest BCUT2D eigenvalue weighted by atomic mass is 10.1. The van der Waals surface area contributed by atoms with Crippen molar-refractivity contribution >= 4 is 18.6 Å². The zero-order valence-corrected chi connectivity index (χ0v) is 20.3. The van der Waals surface area contributed by atoms with E-state index in [1.807, 2.05) is 13.8 Å². The van der Waals surface area contributed by atoms with Gasteiger partial charge in [-0.15, -0.1) is 12.6 Å². The molecule has 0 aromatic carbocycles. The molecular formula is C23H49NO4S. The van der Waals surface area contributed by atoms with Crippen molar-refractivity contribution in [1.82, 2.24) is 5.32 Å². The molecule has 5 nitrogen and oxygen atoms in total. The van der Waals surface area contributed by atoms with Crippen LogP contribution in [0.1, 0.15) is 104 Å². The molecule has 29 heavy (non-hydrogen) atoms. The number of esters is 1. The molecule has 0 saturated carbocycles. The van der Waals surface area contributed by atoms with Crippen molar-refractivity contribution in [3.05, 3.63) is 0 Å². The van der Waals surface area contributed by atoms with Crippen LogP contribution in [0.3, 0.4) is 0 Å². The molecule has 0 spiro atoms. The Morgan fingerprint density at radius 3 is 2.21 bits per heavy atom. The molecule has 0 aromatic rings. The molecule has 0 amide bonds. The van der Waals surface area contributed by atoms with Crippen molar-refractivity contribution in [1.29, 1.82) is 0 Å². The number of unbranched alkanes of at least 4 members (excludes halogenated alkanes) is 9. The fraction of sp³-hybridized carbons (Fsp3) is 0.957. The highest BCUT2D eigenvalue weighted by Gasteiger charge is 2.09. The smallest absolute Gasteiger partial charge is 0.306 e. The van der Waals surface area contributed by atoms with E-state index in [2.05, 4.69) is 24.9 Å². The molecule has 0 rings (SSSR count). The van der Waals surface area contributed by atoms with Gasteiger partial charge >= 0.3 is 5.97 Å². The van der Waals surface area contributed by atoms with Gasteiger partial charge in [-0.05, 0) is 32.2 Å². The Morgan fingerprint density at radius 2 is 1.52 bits per heavy atom. The maximum Gasteiger partial charge on any atom is 0.306 e. The lowest BCUT2D eigenvalue weighted by molar-refractivity contribution is -0.145. The molecular weight excluding hydrogens is 386 g/mol. The maximum absolute atomic E-state index is 11.8. The average Bonchev–Trinajstić information content (AvgIpc) is 2.73. The maximum atomic E-state index is 11.8. The van der Waals surface area contributed by atoms with Crippen molar-refractivity contribution < 1.29 is 19.4 Å². The van der Waals surface area contributed by atoms with Crippen LogP contribution in [0.2, 0.25) is 0 Å². The van der Waals surface area contributed by atoms with Crippen LogP contribution in [0.4, 0.5) is 0 Å². The quantitative estimate of drug-likeness (QED) is 0.0961. The van der Waals surface area contributed by atoms with E-state index < -0.39 is 0 Å². The summed E-state index contributed by atoms with van der Waals surface area (Å²) in [5.74, 6) is -0.0977. The summed E-state index contributed by atoms with van der Waals surface area (Å²) in [6.45, 7) is 9.22. The zero-order chi connectivity index (χ0) is 22.0. The van der Waals surface area contributed by atoms with Crippen LogP contribution in [-0.4, -0.2) is 49.4 Å². The van der Waals surface area contributed by atoms with E-state index in [1.165, 1.54) is 38.5 Å². The number of carbonyl (C=O) groups excluding carboxylic acids is 1. The first-order valence-electron chi connectivity index (χ1n) is 12.0. The Bertz CT molecular complexity index is 319. The molecule has 1 unspecified atom stereocenters. The minimum atomic E-state index is -0.252. The van der Waals surface area contributed by atoms with Gasteiger partial charge in [0.2, 0.25) is 0 Å². The number of thiol groups is 1. The van der Waals surface area contributed by atoms with Gasteiger partial charge in [0.1, 0.15) is 5.44 Å². The van der Waals surface area contributed by atoms with Gasteiger partial charge in [-0.1, -0.05) is 72.1 Å². The van der Waals surface area contributed by atoms with E-state index in [9.17, 15) is 4.79 Å². The number of carbonyl (C=O) groups is 1. The molecule has 176 valence electrons. The largest absolute Gasteiger partial charge is 0.452 e. The third-order valence-electron chi connectivity index (χ3n) is 4.47. The van der Waals surface area contributed by atoms with Crippen molar-refractivity contribution in [2.24, 2.45) is 0 Å². The van der Waals surface area contributed by atoms with Crippen molar-refractivity contribution in [3.63, 3.8) is 0 Å². The number of ether oxygens (including phenoxy) is 2.